The van der Waals surface area contributed by atoms with Crippen LogP contribution >= 0.6 is 11.6 Å². The Bertz CT molecular complexity index is 341. The largest absolute Gasteiger partial charge is 0.493 e. The van der Waals surface area contributed by atoms with Crippen molar-refractivity contribution in [2.75, 3.05) is 13.7 Å². The van der Waals surface area contributed by atoms with E-state index in [0.29, 0.717) is 29.1 Å². The van der Waals surface area contributed by atoms with Crippen LogP contribution in [0.25, 0.3) is 0 Å². The molecule has 14 heavy (non-hydrogen) atoms. The van der Waals surface area contributed by atoms with Gasteiger partial charge in [0.05, 0.1) is 12.1 Å². The molecule has 0 radical (unpaired) electrons. The van der Waals surface area contributed by atoms with Crippen LogP contribution in [0.5, 0.6) is 5.75 Å². The molecule has 0 fully saturated rings. The zero-order valence-electron chi connectivity index (χ0n) is 8.23. The summed E-state index contributed by atoms with van der Waals surface area (Å²) in [4.78, 5) is 0. The number of nitrogens with two attached hydrogens (primary N) is 1. The highest BCUT2D eigenvalue weighted by Gasteiger charge is 2.14. The van der Waals surface area contributed by atoms with Gasteiger partial charge in [-0.15, -0.1) is 0 Å². The number of methoxy groups -OCH3 is 1. The van der Waals surface area contributed by atoms with Gasteiger partial charge in [-0.2, -0.15) is 0 Å². The summed E-state index contributed by atoms with van der Waals surface area (Å²) in [6.45, 7) is 2.17. The van der Waals surface area contributed by atoms with E-state index < -0.39 is 5.82 Å². The van der Waals surface area contributed by atoms with E-state index >= 15 is 0 Å². The maximum Gasteiger partial charge on any atom is 0.165 e. The van der Waals surface area contributed by atoms with Crippen molar-refractivity contribution < 1.29 is 9.13 Å². The van der Waals surface area contributed by atoms with Gasteiger partial charge >= 0.3 is 0 Å². The molecule has 4 heteroatoms. The molecular formula is C10H13ClFNO. The predicted molar refractivity (Wildman–Crippen MR) is 55.5 cm³/mol. The fraction of sp³-hybridized carbons (Fsp3) is 0.400. The molecule has 0 aromatic heterocycles. The van der Waals surface area contributed by atoms with Crippen molar-refractivity contribution in [2.24, 2.45) is 5.73 Å². The molecule has 0 atom stereocenters. The van der Waals surface area contributed by atoms with E-state index in [9.17, 15) is 4.39 Å². The molecule has 2 nitrogen and oxygen atoms in total. The topological polar surface area (TPSA) is 35.2 Å². The van der Waals surface area contributed by atoms with Crippen LogP contribution in [0.15, 0.2) is 6.07 Å². The Kier molecular flexibility index (Phi) is 3.72. The lowest BCUT2D eigenvalue weighted by Gasteiger charge is -2.12. The van der Waals surface area contributed by atoms with Crippen molar-refractivity contribution >= 4 is 11.6 Å². The van der Waals surface area contributed by atoms with Crippen molar-refractivity contribution in [3.8, 4) is 5.75 Å². The molecule has 1 aromatic carbocycles. The molecule has 0 saturated carbocycles. The second kappa shape index (κ2) is 4.62. The van der Waals surface area contributed by atoms with Crippen molar-refractivity contribution in [2.45, 2.75) is 13.3 Å². The Hall–Kier alpha value is -0.800. The quantitative estimate of drug-likeness (QED) is 0.843. The zero-order valence-corrected chi connectivity index (χ0v) is 8.99. The molecule has 2 N–H and O–H groups in total. The lowest BCUT2D eigenvalue weighted by atomic mass is 10.1. The van der Waals surface area contributed by atoms with Crippen LogP contribution in [-0.2, 0) is 6.42 Å². The summed E-state index contributed by atoms with van der Waals surface area (Å²) in [6, 6.07) is 1.36. The van der Waals surface area contributed by atoms with Gasteiger partial charge in [0.1, 0.15) is 0 Å². The van der Waals surface area contributed by atoms with E-state index in [4.69, 9.17) is 22.1 Å². The smallest absolute Gasteiger partial charge is 0.165 e. The van der Waals surface area contributed by atoms with Crippen molar-refractivity contribution in [1.29, 1.82) is 0 Å². The minimum Gasteiger partial charge on any atom is -0.493 e. The number of hydrogen-bond acceptors (Lipinski definition) is 2. The van der Waals surface area contributed by atoms with E-state index in [1.165, 1.54) is 13.2 Å². The van der Waals surface area contributed by atoms with E-state index in [-0.39, 0.29) is 5.75 Å². The number of benzene rings is 1. The molecule has 0 heterocycles. The highest BCUT2D eigenvalue weighted by Crippen LogP contribution is 2.32. The lowest BCUT2D eigenvalue weighted by molar-refractivity contribution is 0.381. The van der Waals surface area contributed by atoms with Crippen LogP contribution in [0.2, 0.25) is 5.02 Å². The van der Waals surface area contributed by atoms with Crippen molar-refractivity contribution in [1.82, 2.24) is 0 Å². The molecule has 0 aliphatic carbocycles. The second-order valence-electron chi connectivity index (χ2n) is 3.04. The van der Waals surface area contributed by atoms with Crippen LogP contribution < -0.4 is 10.5 Å². The van der Waals surface area contributed by atoms with Gasteiger partial charge in [-0.25, -0.2) is 4.39 Å². The summed E-state index contributed by atoms with van der Waals surface area (Å²) in [7, 11) is 1.42. The van der Waals surface area contributed by atoms with Gasteiger partial charge in [-0.3, -0.25) is 0 Å². The normalized spacial score (nSPS) is 10.4. The summed E-state index contributed by atoms with van der Waals surface area (Å²) < 4.78 is 18.3. The average molecular weight is 218 g/mol. The molecule has 0 aliphatic heterocycles. The number of ether oxygens (including phenoxy) is 1. The third-order valence-corrected chi connectivity index (χ3v) is 2.57. The maximum absolute atomic E-state index is 13.4. The Morgan fingerprint density at radius 1 is 1.57 bits per heavy atom. The first-order valence-corrected chi connectivity index (χ1v) is 4.71. The summed E-state index contributed by atoms with van der Waals surface area (Å²) in [6.07, 6.45) is 0.514. The molecule has 0 saturated heterocycles. The Balaban J connectivity index is 3.32. The van der Waals surface area contributed by atoms with Gasteiger partial charge < -0.3 is 10.5 Å². The molecule has 0 amide bonds. The van der Waals surface area contributed by atoms with Gasteiger partial charge in [-0.1, -0.05) is 11.6 Å². The van der Waals surface area contributed by atoms with E-state index in [2.05, 4.69) is 0 Å². The Morgan fingerprint density at radius 2 is 2.21 bits per heavy atom. The SMILES string of the molecule is COc1c(F)cc(C)c(Cl)c1CCN. The van der Waals surface area contributed by atoms with Gasteiger partial charge in [0.2, 0.25) is 0 Å². The fourth-order valence-corrected chi connectivity index (χ4v) is 1.62. The maximum atomic E-state index is 13.4. The van der Waals surface area contributed by atoms with Gasteiger partial charge in [0.15, 0.2) is 11.6 Å². The predicted octanol–water partition coefficient (Wildman–Crippen LogP) is 2.30. The Labute approximate surface area is 87.8 Å². The molecule has 0 unspecified atom stereocenters. The molecule has 1 rings (SSSR count). The lowest BCUT2D eigenvalue weighted by Crippen LogP contribution is -2.06. The first kappa shape index (κ1) is 11.3. The summed E-state index contributed by atoms with van der Waals surface area (Å²) in [5.41, 5.74) is 6.77. The summed E-state index contributed by atoms with van der Waals surface area (Å²) in [5.74, 6) is -0.191. The first-order chi connectivity index (χ1) is 6.61. The first-order valence-electron chi connectivity index (χ1n) is 4.33. The second-order valence-corrected chi connectivity index (χ2v) is 3.42. The molecular weight excluding hydrogens is 205 g/mol. The average Bonchev–Trinajstić information content (AvgIpc) is 2.14. The molecule has 0 aliphatic rings. The van der Waals surface area contributed by atoms with Crippen LogP contribution in [-0.4, -0.2) is 13.7 Å². The number of aryl methyl sites for hydroxylation is 1. The zero-order chi connectivity index (χ0) is 10.7. The molecule has 78 valence electrons. The third kappa shape index (κ3) is 1.99. The fourth-order valence-electron chi connectivity index (χ4n) is 1.39. The molecule has 0 bridgehead atoms. The van der Waals surface area contributed by atoms with Gasteiger partial charge in [-0.05, 0) is 31.5 Å². The number of hydrogen-bond donors (Lipinski definition) is 1. The van der Waals surface area contributed by atoms with Crippen LogP contribution in [0, 0.1) is 12.7 Å². The van der Waals surface area contributed by atoms with Crippen molar-refractivity contribution in [3.63, 3.8) is 0 Å². The van der Waals surface area contributed by atoms with Crippen molar-refractivity contribution in [3.05, 3.63) is 28.0 Å². The molecule has 0 spiro atoms. The minimum absolute atomic E-state index is 0.200. The standard InChI is InChI=1S/C10H13ClFNO/c1-6-5-8(12)10(14-2)7(3-4-13)9(6)11/h5H,3-4,13H2,1-2H3. The summed E-state index contributed by atoms with van der Waals surface area (Å²) in [5, 5.41) is 0.536. The highest BCUT2D eigenvalue weighted by atomic mass is 35.5. The third-order valence-electron chi connectivity index (χ3n) is 2.04. The van der Waals surface area contributed by atoms with E-state index in [0.717, 1.165) is 0 Å². The number of rotatable bonds is 3. The van der Waals surface area contributed by atoms with E-state index in [1.54, 1.807) is 6.92 Å². The summed E-state index contributed by atoms with van der Waals surface area (Å²) >= 11 is 6.03. The van der Waals surface area contributed by atoms with Crippen LogP contribution in [0.3, 0.4) is 0 Å². The van der Waals surface area contributed by atoms with Crippen LogP contribution in [0.4, 0.5) is 4.39 Å². The van der Waals surface area contributed by atoms with Gasteiger partial charge in [0, 0.05) is 5.56 Å². The van der Waals surface area contributed by atoms with E-state index in [1.807, 2.05) is 0 Å². The minimum atomic E-state index is -0.391. The van der Waals surface area contributed by atoms with Crippen LogP contribution in [0.1, 0.15) is 11.1 Å². The van der Waals surface area contributed by atoms with Gasteiger partial charge in [0.25, 0.3) is 0 Å². The Morgan fingerprint density at radius 3 is 2.71 bits per heavy atom. The molecule has 1 aromatic rings. The highest BCUT2D eigenvalue weighted by molar-refractivity contribution is 6.32. The number of halogens is 2. The monoisotopic (exact) mass is 217 g/mol.